The lowest BCUT2D eigenvalue weighted by Gasteiger charge is -2.37. The Morgan fingerprint density at radius 1 is 0.962 bits per heavy atom. The van der Waals surface area contributed by atoms with Crippen LogP contribution in [0, 0.1) is 23.4 Å². The molecule has 2 atom stereocenters. The summed E-state index contributed by atoms with van der Waals surface area (Å²) >= 11 is 0. The minimum absolute atomic E-state index is 0.216. The molecule has 0 bridgehead atoms. The molecule has 138 valence electrons. The number of aromatic nitrogens is 2. The fraction of sp³-hybridized carbons (Fsp3) is 0.444. The Morgan fingerprint density at radius 3 is 2.42 bits per heavy atom. The zero-order chi connectivity index (χ0) is 18.1. The number of rotatable bonds is 4. The Kier molecular flexibility index (Phi) is 4.67. The summed E-state index contributed by atoms with van der Waals surface area (Å²) in [5.41, 5.74) is 0. The highest BCUT2D eigenvalue weighted by atomic mass is 19.1. The van der Waals surface area contributed by atoms with E-state index >= 15 is 0 Å². The van der Waals surface area contributed by atoms with Crippen molar-refractivity contribution in [2.24, 2.45) is 5.92 Å². The van der Waals surface area contributed by atoms with Crippen molar-refractivity contribution in [3.63, 3.8) is 0 Å². The standard InChI is InChI=1S/C18H19F3N4O/c19-13-4-14(20)6-17(5-13)26-11-12-3-16-10-25(2-1-24(16)9-12)18-22-7-15(21)8-23-18/h4-8,12,16H,1-3,9-11H2/t12-,16?/m0/s1. The predicted molar refractivity (Wildman–Crippen MR) is 89.5 cm³/mol. The van der Waals surface area contributed by atoms with Gasteiger partial charge in [0.05, 0.1) is 19.0 Å². The molecule has 4 rings (SSSR count). The smallest absolute Gasteiger partial charge is 0.225 e. The van der Waals surface area contributed by atoms with Gasteiger partial charge < -0.3 is 9.64 Å². The van der Waals surface area contributed by atoms with Crippen molar-refractivity contribution in [2.45, 2.75) is 12.5 Å². The number of fused-ring (bicyclic) bond motifs is 1. The minimum atomic E-state index is -0.640. The number of hydrogen-bond donors (Lipinski definition) is 0. The first-order chi connectivity index (χ1) is 12.6. The van der Waals surface area contributed by atoms with Crippen molar-refractivity contribution < 1.29 is 17.9 Å². The maximum absolute atomic E-state index is 13.2. The average molecular weight is 364 g/mol. The summed E-state index contributed by atoms with van der Waals surface area (Å²) in [7, 11) is 0. The van der Waals surface area contributed by atoms with Gasteiger partial charge in [0.15, 0.2) is 5.82 Å². The van der Waals surface area contributed by atoms with Gasteiger partial charge in [-0.15, -0.1) is 0 Å². The zero-order valence-electron chi connectivity index (χ0n) is 14.1. The van der Waals surface area contributed by atoms with E-state index < -0.39 is 17.5 Å². The Bertz CT molecular complexity index is 753. The van der Waals surface area contributed by atoms with E-state index in [0.29, 0.717) is 24.5 Å². The second-order valence-electron chi connectivity index (χ2n) is 6.81. The summed E-state index contributed by atoms with van der Waals surface area (Å²) in [5, 5.41) is 0. The molecule has 26 heavy (non-hydrogen) atoms. The summed E-state index contributed by atoms with van der Waals surface area (Å²) in [6, 6.07) is 3.56. The molecule has 2 aromatic rings. The van der Waals surface area contributed by atoms with Gasteiger partial charge in [-0.25, -0.2) is 23.1 Å². The van der Waals surface area contributed by atoms with Gasteiger partial charge in [-0.1, -0.05) is 0 Å². The van der Waals surface area contributed by atoms with Crippen molar-refractivity contribution in [1.82, 2.24) is 14.9 Å². The van der Waals surface area contributed by atoms with Crippen LogP contribution in [0.4, 0.5) is 19.1 Å². The molecule has 3 heterocycles. The number of ether oxygens (including phenoxy) is 1. The third-order valence-corrected chi connectivity index (χ3v) is 4.91. The first-order valence-electron chi connectivity index (χ1n) is 8.62. The lowest BCUT2D eigenvalue weighted by Crippen LogP contribution is -2.50. The lowest BCUT2D eigenvalue weighted by molar-refractivity contribution is 0.216. The number of halogens is 3. The topological polar surface area (TPSA) is 41.5 Å². The van der Waals surface area contributed by atoms with Gasteiger partial charge >= 0.3 is 0 Å². The molecule has 1 aromatic carbocycles. The van der Waals surface area contributed by atoms with E-state index in [4.69, 9.17) is 4.74 Å². The Hall–Kier alpha value is -2.35. The van der Waals surface area contributed by atoms with Gasteiger partial charge in [0, 0.05) is 56.3 Å². The van der Waals surface area contributed by atoms with E-state index in [2.05, 4.69) is 19.8 Å². The van der Waals surface area contributed by atoms with Crippen molar-refractivity contribution in [1.29, 1.82) is 0 Å². The fourth-order valence-corrected chi connectivity index (χ4v) is 3.74. The molecule has 0 saturated carbocycles. The summed E-state index contributed by atoms with van der Waals surface area (Å²) in [5.74, 6) is -0.674. The molecule has 1 unspecified atom stereocenters. The van der Waals surface area contributed by atoms with E-state index in [1.165, 1.54) is 24.5 Å². The average Bonchev–Trinajstić information content (AvgIpc) is 3.02. The zero-order valence-corrected chi connectivity index (χ0v) is 14.1. The van der Waals surface area contributed by atoms with E-state index in [9.17, 15) is 13.2 Å². The second kappa shape index (κ2) is 7.11. The highest BCUT2D eigenvalue weighted by Gasteiger charge is 2.37. The molecule has 0 radical (unpaired) electrons. The van der Waals surface area contributed by atoms with E-state index in [1.807, 2.05) is 0 Å². The van der Waals surface area contributed by atoms with Crippen molar-refractivity contribution >= 4 is 5.95 Å². The minimum Gasteiger partial charge on any atom is -0.493 e. The predicted octanol–water partition coefficient (Wildman–Crippen LogP) is 2.48. The third-order valence-electron chi connectivity index (χ3n) is 4.91. The third kappa shape index (κ3) is 3.75. The summed E-state index contributed by atoms with van der Waals surface area (Å²) < 4.78 is 45.0. The molecule has 8 heteroatoms. The number of piperazine rings is 1. The van der Waals surface area contributed by atoms with Crippen LogP contribution < -0.4 is 9.64 Å². The van der Waals surface area contributed by atoms with Crippen molar-refractivity contribution in [3.8, 4) is 5.75 Å². The van der Waals surface area contributed by atoms with Crippen LogP contribution in [0.25, 0.3) is 0 Å². The molecule has 5 nitrogen and oxygen atoms in total. The Labute approximate surface area is 149 Å². The Morgan fingerprint density at radius 2 is 1.69 bits per heavy atom. The highest BCUT2D eigenvalue weighted by molar-refractivity contribution is 5.30. The van der Waals surface area contributed by atoms with Gasteiger partial charge in [-0.05, 0) is 6.42 Å². The van der Waals surface area contributed by atoms with E-state index in [0.717, 1.165) is 38.7 Å². The Balaban J connectivity index is 1.33. The molecule has 0 amide bonds. The first-order valence-corrected chi connectivity index (χ1v) is 8.62. The molecule has 2 aliphatic heterocycles. The molecule has 0 aliphatic carbocycles. The second-order valence-corrected chi connectivity index (χ2v) is 6.81. The molecule has 2 fully saturated rings. The van der Waals surface area contributed by atoms with Gasteiger partial charge in [0.2, 0.25) is 5.95 Å². The lowest BCUT2D eigenvalue weighted by atomic mass is 10.1. The van der Waals surface area contributed by atoms with Crippen molar-refractivity contribution in [3.05, 3.63) is 48.0 Å². The monoisotopic (exact) mass is 364 g/mol. The van der Waals surface area contributed by atoms with E-state index in [-0.39, 0.29) is 5.75 Å². The fourth-order valence-electron chi connectivity index (χ4n) is 3.74. The first kappa shape index (κ1) is 17.1. The number of benzene rings is 1. The van der Waals surface area contributed by atoms with Gasteiger partial charge in [-0.2, -0.15) is 0 Å². The maximum atomic E-state index is 13.2. The molecule has 2 saturated heterocycles. The summed E-state index contributed by atoms with van der Waals surface area (Å²) in [6.45, 7) is 3.74. The van der Waals surface area contributed by atoms with Gasteiger partial charge in [0.25, 0.3) is 0 Å². The van der Waals surface area contributed by atoms with Crippen LogP contribution in [0.2, 0.25) is 0 Å². The van der Waals surface area contributed by atoms with Crippen LogP contribution >= 0.6 is 0 Å². The number of hydrogen-bond acceptors (Lipinski definition) is 5. The van der Waals surface area contributed by atoms with Gasteiger partial charge in [0.1, 0.15) is 17.4 Å². The van der Waals surface area contributed by atoms with Crippen molar-refractivity contribution in [2.75, 3.05) is 37.7 Å². The molecule has 2 aliphatic rings. The number of nitrogens with zero attached hydrogens (tertiary/aromatic N) is 4. The largest absolute Gasteiger partial charge is 0.493 e. The molecule has 1 aromatic heterocycles. The summed E-state index contributed by atoms with van der Waals surface area (Å²) in [6.07, 6.45) is 3.28. The maximum Gasteiger partial charge on any atom is 0.225 e. The highest BCUT2D eigenvalue weighted by Crippen LogP contribution is 2.28. The van der Waals surface area contributed by atoms with E-state index in [1.54, 1.807) is 0 Å². The van der Waals surface area contributed by atoms with Gasteiger partial charge in [-0.3, -0.25) is 4.90 Å². The number of anilines is 1. The molecule has 0 N–H and O–H groups in total. The quantitative estimate of drug-likeness (QED) is 0.834. The molecule has 0 spiro atoms. The summed E-state index contributed by atoms with van der Waals surface area (Å²) in [4.78, 5) is 12.6. The SMILES string of the molecule is Fc1cnc(N2CCN3C[C@@H](COc4cc(F)cc(F)c4)CC3C2)nc1. The molecular formula is C18H19F3N4O. The van der Waals surface area contributed by atoms with Crippen LogP contribution in [-0.2, 0) is 0 Å². The van der Waals surface area contributed by atoms with Crippen LogP contribution in [0.3, 0.4) is 0 Å². The van der Waals surface area contributed by atoms with Crippen LogP contribution in [0.1, 0.15) is 6.42 Å². The molecular weight excluding hydrogens is 345 g/mol. The normalized spacial score (nSPS) is 23.1. The van der Waals surface area contributed by atoms with Crippen LogP contribution in [0.15, 0.2) is 30.6 Å². The van der Waals surface area contributed by atoms with Crippen LogP contribution in [-0.4, -0.2) is 53.7 Å². The van der Waals surface area contributed by atoms with Crippen LogP contribution in [0.5, 0.6) is 5.75 Å².